The van der Waals surface area contributed by atoms with E-state index in [0.717, 1.165) is 16.6 Å². The van der Waals surface area contributed by atoms with Crippen molar-refractivity contribution < 1.29 is 18.4 Å². The smallest absolute Gasteiger partial charge is 0.250 e. The zero-order valence-electron chi connectivity index (χ0n) is 31.4. The molecule has 3 aliphatic rings. The van der Waals surface area contributed by atoms with Crippen molar-refractivity contribution in [1.82, 2.24) is 30.1 Å². The van der Waals surface area contributed by atoms with E-state index in [1.165, 1.54) is 0 Å². The predicted molar refractivity (Wildman–Crippen MR) is 202 cm³/mol. The number of guanidine groups is 1. The summed E-state index contributed by atoms with van der Waals surface area (Å²) in [4.78, 5) is 29.6. The van der Waals surface area contributed by atoms with E-state index in [-0.39, 0.29) is 28.2 Å². The maximum Gasteiger partial charge on any atom is 0.250 e. The molecule has 6 rings (SSSR count). The van der Waals surface area contributed by atoms with Gasteiger partial charge in [-0.2, -0.15) is 4.98 Å². The van der Waals surface area contributed by atoms with Crippen LogP contribution in [0.5, 0.6) is 0 Å². The number of anilines is 1. The highest BCUT2D eigenvalue weighted by atomic mass is 28.4. The third-order valence-corrected chi connectivity index (χ3v) is 20.3. The molecule has 50 heavy (non-hydrogen) atoms. The van der Waals surface area contributed by atoms with E-state index in [4.69, 9.17) is 29.3 Å². The number of carbonyl (C=O) groups is 1. The Bertz CT molecular complexity index is 1750. The molecular formula is C35H55N9O4Si2. The highest BCUT2D eigenvalue weighted by Crippen LogP contribution is 2.42. The van der Waals surface area contributed by atoms with Gasteiger partial charge >= 0.3 is 0 Å². The fourth-order valence-electron chi connectivity index (χ4n) is 6.08. The summed E-state index contributed by atoms with van der Waals surface area (Å²) in [5.74, 6) is 0.738. The Balaban J connectivity index is 1.32. The van der Waals surface area contributed by atoms with Gasteiger partial charge in [-0.15, -0.1) is 0 Å². The zero-order chi connectivity index (χ0) is 36.4. The molecular weight excluding hydrogens is 667 g/mol. The van der Waals surface area contributed by atoms with Crippen LogP contribution in [0, 0.1) is 0 Å². The molecule has 272 valence electrons. The standard InChI is InChI=1S/C35H55N9O4Si2/c1-34(2,3)49(8,9)46-20-25-24(48-50(10,11)35(4,5)6)18-26(47-25)44-29-27(30(45)41-31(36)40-29)38-33(44)42-32-39-28-23(43(32)7)17-22(19-37-28)21-15-13-12-14-16-21/h12-17,19,24-27,29,31,40H,18,20,36H2,1-11H3,(H,41,45)(H,37,38,39,42)/t24?,25-,26+,27?,29?,31?/m0/s1. The lowest BCUT2D eigenvalue weighted by atomic mass is 10.1. The van der Waals surface area contributed by atoms with Gasteiger partial charge in [0.25, 0.3) is 5.91 Å². The average molecular weight is 722 g/mol. The summed E-state index contributed by atoms with van der Waals surface area (Å²) in [5, 5.41) is 9.61. The van der Waals surface area contributed by atoms with E-state index >= 15 is 0 Å². The van der Waals surface area contributed by atoms with E-state index < -0.39 is 41.4 Å². The molecule has 1 aromatic carbocycles. The van der Waals surface area contributed by atoms with E-state index in [1.54, 1.807) is 0 Å². The van der Waals surface area contributed by atoms with Gasteiger partial charge in [0, 0.05) is 25.2 Å². The first-order valence-electron chi connectivity index (χ1n) is 17.6. The van der Waals surface area contributed by atoms with Crippen molar-refractivity contribution in [3.05, 3.63) is 42.6 Å². The van der Waals surface area contributed by atoms with E-state index in [1.807, 2.05) is 40.9 Å². The minimum absolute atomic E-state index is 0.00719. The number of imidazole rings is 1. The number of ether oxygens (including phenoxy) is 1. The lowest BCUT2D eigenvalue weighted by molar-refractivity contribution is -0.129. The Morgan fingerprint density at radius 3 is 2.38 bits per heavy atom. The first-order valence-corrected chi connectivity index (χ1v) is 23.4. The zero-order valence-corrected chi connectivity index (χ0v) is 33.4. The van der Waals surface area contributed by atoms with Crippen LogP contribution in [0.4, 0.5) is 5.95 Å². The van der Waals surface area contributed by atoms with Crippen LogP contribution >= 0.6 is 0 Å². The molecule has 5 heterocycles. The van der Waals surface area contributed by atoms with Crippen LogP contribution in [-0.4, -0.2) is 91.5 Å². The van der Waals surface area contributed by atoms with Crippen molar-refractivity contribution in [3.63, 3.8) is 0 Å². The van der Waals surface area contributed by atoms with Gasteiger partial charge in [-0.25, -0.2) is 9.98 Å². The molecule has 0 spiro atoms. The summed E-state index contributed by atoms with van der Waals surface area (Å²) < 4.78 is 22.7. The topological polar surface area (TPSA) is 153 Å². The molecule has 13 nitrogen and oxygen atoms in total. The van der Waals surface area contributed by atoms with Gasteiger partial charge in [0.1, 0.15) is 24.8 Å². The number of aromatic nitrogens is 3. The van der Waals surface area contributed by atoms with Crippen LogP contribution in [0.1, 0.15) is 48.0 Å². The lowest BCUT2D eigenvalue weighted by Crippen LogP contribution is -2.70. The number of rotatable bonds is 8. The fourth-order valence-corrected chi connectivity index (χ4v) is 8.45. The monoisotopic (exact) mass is 721 g/mol. The molecule has 1 amide bonds. The molecule has 0 radical (unpaired) electrons. The predicted octanol–water partition coefficient (Wildman–Crippen LogP) is 4.90. The van der Waals surface area contributed by atoms with Crippen LogP contribution in [0.3, 0.4) is 0 Å². The number of aryl methyl sites for hydroxylation is 1. The normalized spacial score (nSPS) is 26.3. The maximum atomic E-state index is 13.3. The Hall–Kier alpha value is -3.19. The lowest BCUT2D eigenvalue weighted by Gasteiger charge is -2.40. The Morgan fingerprint density at radius 1 is 1.04 bits per heavy atom. The number of amides is 1. The summed E-state index contributed by atoms with van der Waals surface area (Å²) in [5.41, 5.74) is 9.77. The second-order valence-corrected chi connectivity index (χ2v) is 26.4. The van der Waals surface area contributed by atoms with Crippen LogP contribution in [0.15, 0.2) is 47.6 Å². The van der Waals surface area contributed by atoms with E-state index in [9.17, 15) is 4.79 Å². The van der Waals surface area contributed by atoms with Crippen molar-refractivity contribution in [2.24, 2.45) is 17.8 Å². The molecule has 4 unspecified atom stereocenters. The number of hydrogen-bond acceptors (Lipinski definition) is 11. The van der Waals surface area contributed by atoms with Crippen molar-refractivity contribution in [3.8, 4) is 11.1 Å². The minimum atomic E-state index is -2.19. The molecule has 0 saturated carbocycles. The summed E-state index contributed by atoms with van der Waals surface area (Å²) in [7, 11) is -2.34. The highest BCUT2D eigenvalue weighted by Gasteiger charge is 2.53. The number of fused-ring (bicyclic) bond motifs is 2. The summed E-state index contributed by atoms with van der Waals surface area (Å²) >= 11 is 0. The molecule has 15 heteroatoms. The van der Waals surface area contributed by atoms with Gasteiger partial charge in [-0.05, 0) is 47.9 Å². The number of nitrogens with zero attached hydrogens (tertiary/aromatic N) is 5. The molecule has 2 fully saturated rings. The second kappa shape index (κ2) is 13.1. The molecule has 6 atom stereocenters. The quantitative estimate of drug-likeness (QED) is 0.236. The second-order valence-electron chi connectivity index (χ2n) is 16.8. The molecule has 5 N–H and O–H groups in total. The van der Waals surface area contributed by atoms with Crippen LogP contribution in [0.2, 0.25) is 36.3 Å². The Kier molecular flexibility index (Phi) is 9.59. The fraction of sp³-hybridized carbons (Fsp3) is 0.600. The van der Waals surface area contributed by atoms with Gasteiger partial charge in [0.2, 0.25) is 11.9 Å². The third-order valence-electron chi connectivity index (χ3n) is 11.2. The van der Waals surface area contributed by atoms with Gasteiger partial charge < -0.3 is 23.5 Å². The third kappa shape index (κ3) is 7.01. The molecule has 2 saturated heterocycles. The van der Waals surface area contributed by atoms with Crippen molar-refractivity contribution in [2.75, 3.05) is 11.9 Å². The number of pyridine rings is 1. The SMILES string of the molecule is Cn1c(NC2=NC3C(=O)NC(N)NC3N2[C@H]2CC(O[Si](C)(C)C(C)(C)C)[C@H](CO[Si](C)(C)C(C)(C)C)O2)nc2ncc(-c3ccccc3)cc21. The number of aliphatic imine (C=N–C) groups is 1. The molecule has 3 aromatic rings. The Morgan fingerprint density at radius 2 is 1.72 bits per heavy atom. The summed E-state index contributed by atoms with van der Waals surface area (Å²) in [6.07, 6.45) is 0.0960. The Labute approximate surface area is 298 Å². The van der Waals surface area contributed by atoms with Gasteiger partial charge in [0.05, 0.1) is 18.2 Å². The number of benzene rings is 1. The maximum absolute atomic E-state index is 13.3. The first-order chi connectivity index (χ1) is 23.3. The van der Waals surface area contributed by atoms with Crippen LogP contribution in [-0.2, 0) is 25.4 Å². The number of nitrogens with two attached hydrogens (primary N) is 1. The average Bonchev–Trinajstić information content (AvgIpc) is 3.68. The molecule has 3 aliphatic heterocycles. The molecule has 0 aliphatic carbocycles. The summed E-state index contributed by atoms with van der Waals surface area (Å²) in [6, 6.07) is 11.5. The first kappa shape index (κ1) is 36.6. The summed E-state index contributed by atoms with van der Waals surface area (Å²) in [6.45, 7) is 22.9. The van der Waals surface area contributed by atoms with E-state index in [2.05, 4.69) is 107 Å². The van der Waals surface area contributed by atoms with Gasteiger partial charge in [-0.3, -0.25) is 26.1 Å². The van der Waals surface area contributed by atoms with Gasteiger partial charge in [-0.1, -0.05) is 71.9 Å². The number of nitrogens with one attached hydrogen (secondary N) is 3. The van der Waals surface area contributed by atoms with Crippen molar-refractivity contribution >= 4 is 45.6 Å². The van der Waals surface area contributed by atoms with Gasteiger partial charge in [0.15, 0.2) is 28.3 Å². The molecule has 2 aromatic heterocycles. The van der Waals surface area contributed by atoms with E-state index in [0.29, 0.717) is 30.6 Å². The number of carbonyl (C=O) groups excluding carboxylic acids is 1. The minimum Gasteiger partial charge on any atom is -0.414 e. The number of hydrogen-bond donors (Lipinski definition) is 4. The van der Waals surface area contributed by atoms with Crippen molar-refractivity contribution in [1.29, 1.82) is 0 Å². The van der Waals surface area contributed by atoms with Crippen LogP contribution in [0.25, 0.3) is 22.3 Å². The van der Waals surface area contributed by atoms with Crippen molar-refractivity contribution in [2.45, 2.75) is 121 Å². The highest BCUT2D eigenvalue weighted by molar-refractivity contribution is 6.74. The molecule has 0 bridgehead atoms. The van der Waals surface area contributed by atoms with Crippen LogP contribution < -0.4 is 21.7 Å². The largest absolute Gasteiger partial charge is 0.414 e.